The minimum Gasteiger partial charge on any atom is -0.489 e. The Bertz CT molecular complexity index is 737. The van der Waals surface area contributed by atoms with Crippen molar-refractivity contribution in [2.75, 3.05) is 27.2 Å². The van der Waals surface area contributed by atoms with Crippen molar-refractivity contribution in [3.05, 3.63) is 36.2 Å². The molecule has 0 saturated carbocycles. The largest absolute Gasteiger partial charge is 0.489 e. The summed E-state index contributed by atoms with van der Waals surface area (Å²) in [5.41, 5.74) is -0.449. The van der Waals surface area contributed by atoms with Crippen molar-refractivity contribution in [1.29, 1.82) is 0 Å². The molecule has 0 aliphatic carbocycles. The number of hydrogen-bond donors (Lipinski definition) is 1. The maximum atomic E-state index is 12.9. The molecule has 0 aromatic heterocycles. The zero-order valence-corrected chi connectivity index (χ0v) is 16.4. The van der Waals surface area contributed by atoms with Gasteiger partial charge < -0.3 is 14.8 Å². The van der Waals surface area contributed by atoms with Crippen LogP contribution in [0.2, 0.25) is 0 Å². The standard InChI is InChI=1S/C17H25FN2O5S/c1-17(2,3)25-16(21)19-11-13(10-18)12-24-14-6-8-15(9-7-14)26(22,23)20(4)5/h6-10H,11-12H2,1-5H3,(H,19,21). The molecule has 1 N–H and O–H groups in total. The second-order valence-corrected chi connectivity index (χ2v) is 8.82. The Hall–Kier alpha value is -2.13. The number of rotatable bonds is 7. The number of carbonyl (C=O) groups excluding carboxylic acids is 1. The molecule has 0 heterocycles. The van der Waals surface area contributed by atoms with E-state index in [0.717, 1.165) is 4.31 Å². The first kappa shape index (κ1) is 21.9. The van der Waals surface area contributed by atoms with Crippen molar-refractivity contribution < 1.29 is 27.1 Å². The molecule has 0 fully saturated rings. The Labute approximate surface area is 153 Å². The van der Waals surface area contributed by atoms with Gasteiger partial charge in [-0.1, -0.05) is 0 Å². The molecule has 1 aromatic rings. The van der Waals surface area contributed by atoms with Gasteiger partial charge in [-0.25, -0.2) is 21.9 Å². The van der Waals surface area contributed by atoms with Crippen molar-refractivity contribution in [2.45, 2.75) is 31.3 Å². The molecular formula is C17H25FN2O5S. The molecule has 0 aliphatic rings. The third-order valence-electron chi connectivity index (χ3n) is 3.04. The van der Waals surface area contributed by atoms with E-state index in [4.69, 9.17) is 9.47 Å². The van der Waals surface area contributed by atoms with Crippen LogP contribution >= 0.6 is 0 Å². The van der Waals surface area contributed by atoms with E-state index in [0.29, 0.717) is 12.1 Å². The molecule has 9 heteroatoms. The van der Waals surface area contributed by atoms with Gasteiger partial charge in [0.25, 0.3) is 0 Å². The lowest BCUT2D eigenvalue weighted by molar-refractivity contribution is 0.0531. The van der Waals surface area contributed by atoms with Crippen LogP contribution in [0.3, 0.4) is 0 Å². The fourth-order valence-electron chi connectivity index (χ4n) is 1.72. The Balaban J connectivity index is 2.58. The Morgan fingerprint density at radius 2 is 1.81 bits per heavy atom. The summed E-state index contributed by atoms with van der Waals surface area (Å²) in [5, 5.41) is 2.43. The molecule has 1 rings (SSSR count). The predicted molar refractivity (Wildman–Crippen MR) is 96.2 cm³/mol. The molecule has 1 amide bonds. The molecule has 0 unspecified atom stereocenters. The molecule has 0 aliphatic heterocycles. The number of sulfonamides is 1. The number of benzene rings is 1. The molecule has 26 heavy (non-hydrogen) atoms. The summed E-state index contributed by atoms with van der Waals surface area (Å²) in [7, 11) is -0.637. The number of amides is 1. The molecule has 146 valence electrons. The number of halogens is 1. The van der Waals surface area contributed by atoms with Crippen LogP contribution in [0.1, 0.15) is 20.8 Å². The Morgan fingerprint density at radius 1 is 1.23 bits per heavy atom. The normalized spacial score (nSPS) is 12.8. The van der Waals surface area contributed by atoms with E-state index in [1.54, 1.807) is 20.8 Å². The molecule has 0 radical (unpaired) electrons. The minimum absolute atomic E-state index is 0.0709. The molecule has 0 atom stereocenters. The Kier molecular flexibility index (Phi) is 7.58. The summed E-state index contributed by atoms with van der Waals surface area (Å²) in [5.74, 6) is 0.374. The summed E-state index contributed by atoms with van der Waals surface area (Å²) < 4.78 is 48.5. The van der Waals surface area contributed by atoms with E-state index >= 15 is 0 Å². The van der Waals surface area contributed by atoms with Crippen molar-refractivity contribution in [3.8, 4) is 5.75 Å². The highest BCUT2D eigenvalue weighted by Gasteiger charge is 2.17. The summed E-state index contributed by atoms with van der Waals surface area (Å²) in [6, 6.07) is 5.77. The average Bonchev–Trinajstić information content (AvgIpc) is 2.53. The van der Waals surface area contributed by atoms with Crippen LogP contribution < -0.4 is 10.1 Å². The van der Waals surface area contributed by atoms with Gasteiger partial charge in [0.15, 0.2) is 0 Å². The average molecular weight is 388 g/mol. The first-order valence-corrected chi connectivity index (χ1v) is 9.30. The van der Waals surface area contributed by atoms with Gasteiger partial charge in [-0.05, 0) is 45.0 Å². The van der Waals surface area contributed by atoms with Crippen molar-refractivity contribution in [1.82, 2.24) is 9.62 Å². The number of nitrogens with zero attached hydrogens (tertiary/aromatic N) is 1. The monoisotopic (exact) mass is 388 g/mol. The number of hydrogen-bond acceptors (Lipinski definition) is 5. The predicted octanol–water partition coefficient (Wildman–Crippen LogP) is 2.69. The van der Waals surface area contributed by atoms with Crippen LogP contribution in [-0.4, -0.2) is 51.7 Å². The van der Waals surface area contributed by atoms with Crippen LogP contribution in [0.15, 0.2) is 41.1 Å². The van der Waals surface area contributed by atoms with Gasteiger partial charge in [0.2, 0.25) is 10.0 Å². The summed E-state index contributed by atoms with van der Waals surface area (Å²) in [6.45, 7) is 5.00. The number of ether oxygens (including phenoxy) is 2. The molecule has 0 bridgehead atoms. The molecular weight excluding hydrogens is 363 g/mol. The van der Waals surface area contributed by atoms with Gasteiger partial charge in [-0.3, -0.25) is 0 Å². The van der Waals surface area contributed by atoms with Crippen molar-refractivity contribution >= 4 is 16.1 Å². The molecule has 0 spiro atoms. The lowest BCUT2D eigenvalue weighted by atomic mass is 10.2. The van der Waals surface area contributed by atoms with E-state index < -0.39 is 21.7 Å². The first-order valence-electron chi connectivity index (χ1n) is 7.86. The Morgan fingerprint density at radius 3 is 2.27 bits per heavy atom. The number of carbonyl (C=O) groups is 1. The third-order valence-corrected chi connectivity index (χ3v) is 4.87. The lowest BCUT2D eigenvalue weighted by Gasteiger charge is -2.20. The number of alkyl carbamates (subject to hydrolysis) is 1. The van der Waals surface area contributed by atoms with Gasteiger partial charge in [0.1, 0.15) is 18.0 Å². The second kappa shape index (κ2) is 9.00. The zero-order valence-electron chi connectivity index (χ0n) is 15.6. The van der Waals surface area contributed by atoms with E-state index in [2.05, 4.69) is 5.32 Å². The maximum absolute atomic E-state index is 12.9. The lowest BCUT2D eigenvalue weighted by Crippen LogP contribution is -2.34. The highest BCUT2D eigenvalue weighted by Crippen LogP contribution is 2.18. The van der Waals surface area contributed by atoms with Gasteiger partial charge in [0.05, 0.1) is 11.2 Å². The van der Waals surface area contributed by atoms with E-state index in [1.807, 2.05) is 0 Å². The fraction of sp³-hybridized carbons (Fsp3) is 0.471. The second-order valence-electron chi connectivity index (χ2n) is 6.67. The number of nitrogens with one attached hydrogen (secondary N) is 1. The van der Waals surface area contributed by atoms with Gasteiger partial charge in [-0.2, -0.15) is 0 Å². The fourth-order valence-corrected chi connectivity index (χ4v) is 2.62. The third kappa shape index (κ3) is 7.01. The quantitative estimate of drug-likeness (QED) is 0.776. The van der Waals surface area contributed by atoms with Gasteiger partial charge in [-0.15, -0.1) is 0 Å². The summed E-state index contributed by atoms with van der Waals surface area (Å²) in [6.07, 6.45) is -0.308. The molecule has 1 aromatic carbocycles. The highest BCUT2D eigenvalue weighted by atomic mass is 32.2. The smallest absolute Gasteiger partial charge is 0.407 e. The summed E-state index contributed by atoms with van der Waals surface area (Å²) >= 11 is 0. The zero-order chi connectivity index (χ0) is 20.0. The minimum atomic E-state index is -3.52. The van der Waals surface area contributed by atoms with E-state index in [9.17, 15) is 17.6 Å². The summed E-state index contributed by atoms with van der Waals surface area (Å²) in [4.78, 5) is 11.7. The van der Waals surface area contributed by atoms with Crippen LogP contribution in [0.4, 0.5) is 9.18 Å². The van der Waals surface area contributed by atoms with E-state index in [1.165, 1.54) is 38.4 Å². The van der Waals surface area contributed by atoms with Crippen LogP contribution in [-0.2, 0) is 14.8 Å². The van der Waals surface area contributed by atoms with Crippen molar-refractivity contribution in [3.63, 3.8) is 0 Å². The van der Waals surface area contributed by atoms with Crippen LogP contribution in [0, 0.1) is 0 Å². The first-order chi connectivity index (χ1) is 12.0. The molecule has 7 nitrogen and oxygen atoms in total. The van der Waals surface area contributed by atoms with Crippen molar-refractivity contribution in [2.24, 2.45) is 0 Å². The molecule has 0 saturated heterocycles. The van der Waals surface area contributed by atoms with Crippen LogP contribution in [0.25, 0.3) is 0 Å². The highest BCUT2D eigenvalue weighted by molar-refractivity contribution is 7.89. The van der Waals surface area contributed by atoms with E-state index in [-0.39, 0.29) is 23.6 Å². The van der Waals surface area contributed by atoms with Gasteiger partial charge >= 0.3 is 6.09 Å². The maximum Gasteiger partial charge on any atom is 0.407 e. The van der Waals surface area contributed by atoms with Crippen LogP contribution in [0.5, 0.6) is 5.75 Å². The topological polar surface area (TPSA) is 84.9 Å². The SMILES string of the molecule is CN(C)S(=O)(=O)c1ccc(OCC(=CF)CNC(=O)OC(C)(C)C)cc1. The van der Waals surface area contributed by atoms with Gasteiger partial charge in [0, 0.05) is 26.2 Å².